The number of carbonyl (C=O) groups excluding carboxylic acids is 1. The number of aromatic nitrogens is 2. The number of aryl methyl sites for hydroxylation is 1. The number of benzene rings is 2. The van der Waals surface area contributed by atoms with Crippen LogP contribution in [-0.2, 0) is 11.3 Å². The maximum atomic E-state index is 12.0. The Balaban J connectivity index is 1.54. The number of hydrogen-bond acceptors (Lipinski definition) is 4. The van der Waals surface area contributed by atoms with Crippen LogP contribution in [-0.4, -0.2) is 28.8 Å². The lowest BCUT2D eigenvalue weighted by molar-refractivity contribution is -0.123. The highest BCUT2D eigenvalue weighted by Crippen LogP contribution is 2.17. The van der Waals surface area contributed by atoms with Crippen molar-refractivity contribution in [1.82, 2.24) is 15.1 Å². The predicted octanol–water partition coefficient (Wildman–Crippen LogP) is 3.07. The zero-order valence-electron chi connectivity index (χ0n) is 15.4. The van der Waals surface area contributed by atoms with Crippen LogP contribution in [0, 0.1) is 6.92 Å². The van der Waals surface area contributed by atoms with E-state index in [1.165, 1.54) is 10.7 Å². The van der Waals surface area contributed by atoms with Crippen molar-refractivity contribution < 1.29 is 9.53 Å². The van der Waals surface area contributed by atoms with Crippen LogP contribution in [0.3, 0.4) is 0 Å². The van der Waals surface area contributed by atoms with Crippen molar-refractivity contribution in [3.05, 3.63) is 81.6 Å². The van der Waals surface area contributed by atoms with Gasteiger partial charge in [-0.05, 0) is 31.2 Å². The van der Waals surface area contributed by atoms with Gasteiger partial charge in [0.25, 0.3) is 11.5 Å². The summed E-state index contributed by atoms with van der Waals surface area (Å²) >= 11 is 5.87. The third-order valence-electron chi connectivity index (χ3n) is 4.03. The fraction of sp³-hybridized carbons (Fsp3) is 0.190. The molecule has 0 saturated carbocycles. The Morgan fingerprint density at radius 2 is 1.93 bits per heavy atom. The average Bonchev–Trinajstić information content (AvgIpc) is 2.68. The minimum absolute atomic E-state index is 0.133. The van der Waals surface area contributed by atoms with E-state index in [0.717, 1.165) is 11.1 Å². The van der Waals surface area contributed by atoms with Crippen LogP contribution in [0.5, 0.6) is 5.75 Å². The van der Waals surface area contributed by atoms with Crippen LogP contribution in [0.25, 0.3) is 11.3 Å². The molecule has 0 aliphatic rings. The quantitative estimate of drug-likeness (QED) is 0.665. The number of halogens is 1. The highest BCUT2D eigenvalue weighted by Gasteiger charge is 2.06. The third-order valence-corrected chi connectivity index (χ3v) is 4.26. The van der Waals surface area contributed by atoms with Crippen molar-refractivity contribution in [3.8, 4) is 17.0 Å². The van der Waals surface area contributed by atoms with Gasteiger partial charge in [-0.15, -0.1) is 0 Å². The van der Waals surface area contributed by atoms with Gasteiger partial charge in [0.2, 0.25) is 0 Å². The first-order chi connectivity index (χ1) is 13.5. The van der Waals surface area contributed by atoms with Gasteiger partial charge in [-0.2, -0.15) is 5.10 Å². The van der Waals surface area contributed by atoms with E-state index in [4.69, 9.17) is 16.3 Å². The van der Waals surface area contributed by atoms with E-state index in [-0.39, 0.29) is 31.2 Å². The molecule has 0 unspecified atom stereocenters. The van der Waals surface area contributed by atoms with Crippen LogP contribution >= 0.6 is 11.6 Å². The molecule has 0 radical (unpaired) electrons. The molecule has 0 fully saturated rings. The average molecular weight is 398 g/mol. The van der Waals surface area contributed by atoms with Crippen molar-refractivity contribution in [1.29, 1.82) is 0 Å². The van der Waals surface area contributed by atoms with E-state index in [0.29, 0.717) is 16.5 Å². The summed E-state index contributed by atoms with van der Waals surface area (Å²) in [4.78, 5) is 23.9. The molecule has 0 aliphatic heterocycles. The van der Waals surface area contributed by atoms with Gasteiger partial charge >= 0.3 is 0 Å². The van der Waals surface area contributed by atoms with E-state index in [2.05, 4.69) is 10.4 Å². The second kappa shape index (κ2) is 9.19. The van der Waals surface area contributed by atoms with Gasteiger partial charge in [-0.1, -0.05) is 47.5 Å². The van der Waals surface area contributed by atoms with Gasteiger partial charge in [0, 0.05) is 23.2 Å². The highest BCUT2D eigenvalue weighted by atomic mass is 35.5. The first-order valence-electron chi connectivity index (χ1n) is 8.81. The molecule has 0 bridgehead atoms. The van der Waals surface area contributed by atoms with Gasteiger partial charge in [-0.25, -0.2) is 4.68 Å². The first-order valence-corrected chi connectivity index (χ1v) is 9.19. The van der Waals surface area contributed by atoms with Crippen molar-refractivity contribution >= 4 is 17.5 Å². The summed E-state index contributed by atoms with van der Waals surface area (Å²) in [5.41, 5.74) is 2.56. The lowest BCUT2D eigenvalue weighted by Gasteiger charge is -2.10. The lowest BCUT2D eigenvalue weighted by atomic mass is 10.1. The summed E-state index contributed by atoms with van der Waals surface area (Å²) in [6.45, 7) is 2.41. The Bertz CT molecular complexity index is 1020. The summed E-state index contributed by atoms with van der Waals surface area (Å²) in [5.74, 6) is 0.231. The zero-order valence-corrected chi connectivity index (χ0v) is 16.1. The normalized spacial score (nSPS) is 10.5. The largest absolute Gasteiger partial charge is 0.484 e. The molecule has 28 heavy (non-hydrogen) atoms. The number of amides is 1. The fourth-order valence-corrected chi connectivity index (χ4v) is 2.73. The highest BCUT2D eigenvalue weighted by molar-refractivity contribution is 6.30. The molecule has 1 aromatic heterocycles. The van der Waals surface area contributed by atoms with Crippen LogP contribution in [0.1, 0.15) is 5.56 Å². The van der Waals surface area contributed by atoms with Crippen LogP contribution < -0.4 is 15.6 Å². The molecule has 3 aromatic rings. The van der Waals surface area contributed by atoms with Crippen LogP contribution in [0.15, 0.2) is 65.5 Å². The van der Waals surface area contributed by atoms with Crippen molar-refractivity contribution in [2.75, 3.05) is 13.2 Å². The minimum atomic E-state index is -0.289. The Morgan fingerprint density at radius 3 is 2.68 bits per heavy atom. The molecule has 6 nitrogen and oxygen atoms in total. The Labute approximate surface area is 167 Å². The lowest BCUT2D eigenvalue weighted by Crippen LogP contribution is -2.34. The smallest absolute Gasteiger partial charge is 0.266 e. The molecule has 0 saturated heterocycles. The van der Waals surface area contributed by atoms with E-state index in [9.17, 15) is 9.59 Å². The standard InChI is InChI=1S/C21H20ClN3O3/c1-15-5-7-16(8-6-15)19-9-10-21(27)25(24-19)12-11-23-20(26)14-28-18-4-2-3-17(22)13-18/h2-10,13H,11-12,14H2,1H3,(H,23,26). The summed E-state index contributed by atoms with van der Waals surface area (Å²) in [6, 6.07) is 17.9. The Morgan fingerprint density at radius 1 is 1.14 bits per heavy atom. The first kappa shape index (κ1) is 19.6. The number of ether oxygens (including phenoxy) is 1. The van der Waals surface area contributed by atoms with Crippen molar-refractivity contribution in [2.45, 2.75) is 13.5 Å². The zero-order chi connectivity index (χ0) is 19.9. The molecular formula is C21H20ClN3O3. The summed E-state index contributed by atoms with van der Waals surface area (Å²) < 4.78 is 6.72. The number of carbonyl (C=O) groups is 1. The van der Waals surface area contributed by atoms with Gasteiger partial charge in [-0.3, -0.25) is 9.59 Å². The van der Waals surface area contributed by atoms with Crippen LogP contribution in [0.4, 0.5) is 0 Å². The summed E-state index contributed by atoms with van der Waals surface area (Å²) in [6.07, 6.45) is 0. The predicted molar refractivity (Wildman–Crippen MR) is 109 cm³/mol. The van der Waals surface area contributed by atoms with Crippen molar-refractivity contribution in [2.24, 2.45) is 0 Å². The molecule has 1 N–H and O–H groups in total. The second-order valence-corrected chi connectivity index (χ2v) is 6.68. The number of hydrogen-bond donors (Lipinski definition) is 1. The Hall–Kier alpha value is -3.12. The Kier molecular flexibility index (Phi) is 6.45. The molecule has 0 spiro atoms. The number of nitrogens with one attached hydrogen (secondary N) is 1. The van der Waals surface area contributed by atoms with Gasteiger partial charge in [0.05, 0.1) is 12.2 Å². The molecule has 2 aromatic carbocycles. The fourth-order valence-electron chi connectivity index (χ4n) is 2.55. The number of nitrogens with zero attached hydrogens (tertiary/aromatic N) is 2. The molecule has 1 amide bonds. The van der Waals surface area contributed by atoms with Crippen LogP contribution in [0.2, 0.25) is 5.02 Å². The van der Waals surface area contributed by atoms with E-state index < -0.39 is 0 Å². The van der Waals surface area contributed by atoms with E-state index in [1.54, 1.807) is 30.3 Å². The van der Waals surface area contributed by atoms with Gasteiger partial charge in [0.1, 0.15) is 5.75 Å². The maximum absolute atomic E-state index is 12.0. The molecule has 7 heteroatoms. The second-order valence-electron chi connectivity index (χ2n) is 6.24. The molecule has 144 valence electrons. The summed E-state index contributed by atoms with van der Waals surface area (Å²) in [5, 5.41) is 7.63. The molecule has 0 aliphatic carbocycles. The molecule has 3 rings (SSSR count). The maximum Gasteiger partial charge on any atom is 0.266 e. The van der Waals surface area contributed by atoms with E-state index in [1.807, 2.05) is 31.2 Å². The molecular weight excluding hydrogens is 378 g/mol. The monoisotopic (exact) mass is 397 g/mol. The minimum Gasteiger partial charge on any atom is -0.484 e. The van der Waals surface area contributed by atoms with Gasteiger partial charge in [0.15, 0.2) is 6.61 Å². The third kappa shape index (κ3) is 5.44. The molecule has 1 heterocycles. The molecule has 0 atom stereocenters. The SMILES string of the molecule is Cc1ccc(-c2ccc(=O)n(CCNC(=O)COc3cccc(Cl)c3)n2)cc1. The summed E-state index contributed by atoms with van der Waals surface area (Å²) in [7, 11) is 0. The van der Waals surface area contributed by atoms with Gasteiger partial charge < -0.3 is 10.1 Å². The number of rotatable bonds is 7. The van der Waals surface area contributed by atoms with Crippen molar-refractivity contribution in [3.63, 3.8) is 0 Å². The topological polar surface area (TPSA) is 73.2 Å². The van der Waals surface area contributed by atoms with E-state index >= 15 is 0 Å².